The van der Waals surface area contributed by atoms with E-state index in [1.54, 1.807) is 9.80 Å². The minimum Gasteiger partial charge on any atom is -0.493 e. The largest absolute Gasteiger partial charge is 0.493 e. The quantitative estimate of drug-likeness (QED) is 0.278. The lowest BCUT2D eigenvalue weighted by Gasteiger charge is -2.31. The summed E-state index contributed by atoms with van der Waals surface area (Å²) in [5.41, 5.74) is -2.56. The van der Waals surface area contributed by atoms with E-state index < -0.39 is 83.9 Å². The molecule has 0 amide bonds. The monoisotopic (exact) mass is 633 g/mol. The van der Waals surface area contributed by atoms with Crippen molar-refractivity contribution in [3.63, 3.8) is 0 Å². The molecule has 4 aromatic rings. The van der Waals surface area contributed by atoms with Crippen LogP contribution >= 0.6 is 0 Å². The zero-order valence-electron chi connectivity index (χ0n) is 28.6. The lowest BCUT2D eigenvalue weighted by molar-refractivity contribution is 0.107. The number of pyridine rings is 2. The fraction of sp³-hybridized carbons (Fsp3) is 0.484. The Kier molecular flexibility index (Phi) is 5.51. The first-order valence-electron chi connectivity index (χ1n) is 17.1. The number of benzene rings is 1. The Balaban J connectivity index is 1.32. The number of alkyl halides is 2. The molecular weight excluding hydrogens is 599 g/mol. The molecule has 0 radical (unpaired) electrons. The molecule has 1 saturated carbocycles. The molecule has 0 bridgehead atoms. The highest BCUT2D eigenvalue weighted by Gasteiger charge is 2.56. The summed E-state index contributed by atoms with van der Waals surface area (Å²) >= 11 is 0. The van der Waals surface area contributed by atoms with Crippen LogP contribution in [-0.2, 0) is 4.74 Å². The van der Waals surface area contributed by atoms with Crippen LogP contribution in [0.5, 0.6) is 11.8 Å². The van der Waals surface area contributed by atoms with Gasteiger partial charge in [-0.05, 0) is 25.5 Å². The molecule has 5 atom stereocenters. The second kappa shape index (κ2) is 10.6. The summed E-state index contributed by atoms with van der Waals surface area (Å²) in [4.78, 5) is 20.2. The van der Waals surface area contributed by atoms with Gasteiger partial charge >= 0.3 is 6.01 Å². The van der Waals surface area contributed by atoms with E-state index in [4.69, 9.17) is 21.1 Å². The van der Waals surface area contributed by atoms with Crippen molar-refractivity contribution in [2.75, 3.05) is 51.3 Å². The minimum absolute atomic E-state index is 0.00589. The van der Waals surface area contributed by atoms with Crippen molar-refractivity contribution in [1.82, 2.24) is 24.8 Å². The highest BCUT2D eigenvalue weighted by atomic mass is 19.2. The van der Waals surface area contributed by atoms with Crippen molar-refractivity contribution in [3.8, 4) is 23.0 Å². The molecule has 9 nitrogen and oxygen atoms in total. The molecule has 0 unspecified atom stereocenters. The van der Waals surface area contributed by atoms with Crippen LogP contribution in [-0.4, -0.2) is 95.2 Å². The van der Waals surface area contributed by atoms with Crippen LogP contribution in [0.25, 0.3) is 32.9 Å². The molecule has 1 aromatic carbocycles. The second-order valence-corrected chi connectivity index (χ2v) is 11.9. The number of hydrogen-bond donors (Lipinski definition) is 0. The summed E-state index contributed by atoms with van der Waals surface area (Å²) in [6.07, 6.45) is 1.56. The molecule has 3 aromatic heterocycles. The normalized spacial score (nSPS) is 30.2. The van der Waals surface area contributed by atoms with E-state index in [1.807, 2.05) is 0 Å². The number of ether oxygens (including phenoxy) is 3. The maximum atomic E-state index is 16.9. The van der Waals surface area contributed by atoms with Crippen LogP contribution in [0.2, 0.25) is 0 Å². The molecule has 1 aliphatic carbocycles. The molecule has 45 heavy (non-hydrogen) atoms. The highest BCUT2D eigenvalue weighted by Crippen LogP contribution is 2.46. The number of fused-ring (bicyclic) bond motifs is 4. The van der Waals surface area contributed by atoms with Crippen molar-refractivity contribution in [3.05, 3.63) is 42.1 Å². The van der Waals surface area contributed by atoms with Crippen molar-refractivity contribution >= 4 is 27.5 Å². The lowest BCUT2D eigenvalue weighted by Crippen LogP contribution is -2.43. The summed E-state index contributed by atoms with van der Waals surface area (Å²) in [5, 5.41) is -0.464. The Morgan fingerprint density at radius 2 is 2.04 bits per heavy atom. The molecule has 3 aliphatic heterocycles. The third-order valence-corrected chi connectivity index (χ3v) is 9.28. The van der Waals surface area contributed by atoms with Crippen LogP contribution in [0.4, 0.5) is 27.8 Å². The summed E-state index contributed by atoms with van der Waals surface area (Å²) in [5.74, 6) is -5.73. The van der Waals surface area contributed by atoms with E-state index in [0.29, 0.717) is 19.4 Å². The molecule has 6 heterocycles. The van der Waals surface area contributed by atoms with Gasteiger partial charge in [0.25, 0.3) is 0 Å². The van der Waals surface area contributed by atoms with E-state index in [9.17, 15) is 13.2 Å². The average molecular weight is 634 g/mol. The first-order chi connectivity index (χ1) is 23.7. The molecule has 236 valence electrons. The fourth-order valence-corrected chi connectivity index (χ4v) is 7.09. The summed E-state index contributed by atoms with van der Waals surface area (Å²) in [6.45, 7) is -1.58. The van der Waals surface area contributed by atoms with Crippen molar-refractivity contribution in [2.45, 2.75) is 43.2 Å². The number of halogens is 5. The Bertz CT molecular complexity index is 2030. The fourth-order valence-electron chi connectivity index (χ4n) is 7.09. The van der Waals surface area contributed by atoms with Gasteiger partial charge in [0.1, 0.15) is 35.9 Å². The third-order valence-electron chi connectivity index (χ3n) is 9.28. The number of rotatable bonds is 6. The van der Waals surface area contributed by atoms with Gasteiger partial charge in [-0.3, -0.25) is 14.9 Å². The van der Waals surface area contributed by atoms with Crippen molar-refractivity contribution in [2.24, 2.45) is 5.92 Å². The van der Waals surface area contributed by atoms with Gasteiger partial charge in [0, 0.05) is 60.4 Å². The van der Waals surface area contributed by atoms with E-state index >= 15 is 8.78 Å². The molecular formula is C31H29F5N6O3. The van der Waals surface area contributed by atoms with Gasteiger partial charge in [-0.15, -0.1) is 0 Å². The molecule has 14 heteroatoms. The summed E-state index contributed by atoms with van der Waals surface area (Å²) in [6, 6.07) is -0.544. The highest BCUT2D eigenvalue weighted by molar-refractivity contribution is 6.01. The minimum atomic E-state index is -3.22. The van der Waals surface area contributed by atoms with Crippen LogP contribution in [0.1, 0.15) is 26.1 Å². The summed E-state index contributed by atoms with van der Waals surface area (Å²) in [7, 11) is -3.22. The average Bonchev–Trinajstić information content (AvgIpc) is 3.40. The molecule has 8 rings (SSSR count). The van der Waals surface area contributed by atoms with E-state index in [1.165, 1.54) is 6.20 Å². The first-order valence-corrected chi connectivity index (χ1v) is 14.6. The lowest BCUT2D eigenvalue weighted by atomic mass is 9.95. The van der Waals surface area contributed by atoms with Crippen LogP contribution in [0, 0.1) is 23.4 Å². The maximum absolute atomic E-state index is 16.9. The smallest absolute Gasteiger partial charge is 0.319 e. The zero-order chi connectivity index (χ0) is 35.3. The second-order valence-electron chi connectivity index (χ2n) is 11.9. The van der Waals surface area contributed by atoms with Gasteiger partial charge in [-0.25, -0.2) is 17.6 Å². The van der Waals surface area contributed by atoms with Crippen LogP contribution in [0.3, 0.4) is 0 Å². The maximum Gasteiger partial charge on any atom is 0.319 e. The third kappa shape index (κ3) is 4.47. The molecule has 4 fully saturated rings. The zero-order valence-corrected chi connectivity index (χ0v) is 23.6. The Morgan fingerprint density at radius 3 is 2.91 bits per heavy atom. The number of aromatic nitrogens is 4. The Hall–Kier alpha value is -3.91. The topological polar surface area (TPSA) is 85.7 Å². The summed E-state index contributed by atoms with van der Waals surface area (Å²) < 4.78 is 133. The first kappa shape index (κ1) is 23.4. The van der Waals surface area contributed by atoms with E-state index in [0.717, 1.165) is 18.5 Å². The predicted octanol–water partition coefficient (Wildman–Crippen LogP) is 4.79. The Morgan fingerprint density at radius 1 is 1.16 bits per heavy atom. The van der Waals surface area contributed by atoms with Gasteiger partial charge in [-0.1, -0.05) is 0 Å². The van der Waals surface area contributed by atoms with Gasteiger partial charge in [0.2, 0.25) is 5.82 Å². The molecule has 0 N–H and O–H groups in total. The van der Waals surface area contributed by atoms with Gasteiger partial charge in [0.05, 0.1) is 44.1 Å². The number of nitrogens with zero attached hydrogens (tertiary/aromatic N) is 6. The van der Waals surface area contributed by atoms with Gasteiger partial charge < -0.3 is 19.1 Å². The number of hydrogen-bond acceptors (Lipinski definition) is 9. The van der Waals surface area contributed by atoms with Crippen LogP contribution < -0.4 is 14.4 Å². The van der Waals surface area contributed by atoms with Crippen molar-refractivity contribution < 1.29 is 43.0 Å². The van der Waals surface area contributed by atoms with Gasteiger partial charge in [-0.2, -0.15) is 14.4 Å². The molecule has 0 spiro atoms. The van der Waals surface area contributed by atoms with Gasteiger partial charge in [0.15, 0.2) is 17.4 Å². The molecule has 3 saturated heterocycles. The SMILES string of the molecule is [2H]C([2H])([2H])Oc1c(F)c(F)cc2cncc(-c3ncc4c(N5CCOC[C@H]6[C@H](F)[C@H]65)nc(OC([2H])([2H])[C@@]56CCCN5C[C@H](F)C6)nc4c3F)c12. The van der Waals surface area contributed by atoms with E-state index in [-0.39, 0.29) is 60.3 Å². The standard InChI is InChI=1S/C31H29F5N6O3/c1-43-28-21-15(7-20(33)23(28)35)9-37-10-17(21)25-24(36)26-18(11-38-25)29(42-5-6-44-13-19-22(34)27(19)42)40-30(39-26)45-14-31-3-2-4-41(31)12-16(32)8-31/h7,9-11,16,19,22,27H,2-6,8,12-14H2,1H3/t16-,19+,22+,27+,31+/m1/s1/i1D3,14D2. The predicted molar refractivity (Wildman–Crippen MR) is 153 cm³/mol. The van der Waals surface area contributed by atoms with Crippen LogP contribution in [0.15, 0.2) is 24.7 Å². The van der Waals surface area contributed by atoms with E-state index in [2.05, 4.69) is 19.9 Å². The Labute approximate surface area is 261 Å². The number of anilines is 1. The van der Waals surface area contributed by atoms with Crippen molar-refractivity contribution in [1.29, 1.82) is 0 Å². The number of methoxy groups -OCH3 is 1. The molecule has 4 aliphatic rings.